The summed E-state index contributed by atoms with van der Waals surface area (Å²) in [5.41, 5.74) is 0. The average molecular weight is 1260 g/mol. The van der Waals surface area contributed by atoms with E-state index in [9.17, 15) is 43.5 Å². The number of hydrogen-bond acceptors (Lipinski definition) is 14. The zero-order valence-electron chi connectivity index (χ0n) is 53.6. The van der Waals surface area contributed by atoms with Gasteiger partial charge in [0.2, 0.25) is 0 Å². The van der Waals surface area contributed by atoms with Gasteiger partial charge in [0.05, 0.1) is 26.4 Å². The molecule has 0 aliphatic carbocycles. The van der Waals surface area contributed by atoms with E-state index in [0.717, 1.165) is 180 Å². The summed E-state index contributed by atoms with van der Waals surface area (Å²) in [5.74, 6) is -1.63. The van der Waals surface area contributed by atoms with Crippen molar-refractivity contribution in [2.75, 3.05) is 39.6 Å². The SMILES string of the molecule is CC/C=C\C/C=C\C/C=C\C/C=C\C/C=C\C/C=C\CCCCCCCCC(=O)OCC(O)COP(=O)(O)OCC(O)COP(=O)(O)OCC(COC(=O)CCCCCCC/C=C\C/C=C\CCC)OC(=O)CCCCCCC/C=C\C/C=C\CCC. The molecule has 18 heteroatoms. The second-order valence-corrected chi connectivity index (χ2v) is 24.4. The van der Waals surface area contributed by atoms with Crippen LogP contribution in [-0.2, 0) is 55.8 Å². The number of phosphoric acid groups is 2. The highest BCUT2D eigenvalue weighted by molar-refractivity contribution is 7.47. The van der Waals surface area contributed by atoms with E-state index in [-0.39, 0.29) is 19.3 Å². The van der Waals surface area contributed by atoms with Gasteiger partial charge in [0.1, 0.15) is 25.4 Å². The van der Waals surface area contributed by atoms with E-state index in [0.29, 0.717) is 19.3 Å². The molecular formula is C69H116O16P2. The van der Waals surface area contributed by atoms with Crippen LogP contribution >= 0.6 is 15.6 Å². The van der Waals surface area contributed by atoms with Crippen LogP contribution in [0.25, 0.3) is 0 Å². The number of unbranched alkanes of at least 4 members (excludes halogenated alkanes) is 18. The second-order valence-electron chi connectivity index (χ2n) is 21.5. The van der Waals surface area contributed by atoms with E-state index in [1.54, 1.807) is 0 Å². The van der Waals surface area contributed by atoms with Crippen LogP contribution in [-0.4, -0.2) is 95.9 Å². The highest BCUT2D eigenvalue weighted by atomic mass is 31.2. The van der Waals surface area contributed by atoms with Gasteiger partial charge in [0.25, 0.3) is 0 Å². The Morgan fingerprint density at radius 2 is 0.609 bits per heavy atom. The van der Waals surface area contributed by atoms with E-state index < -0.39 is 91.5 Å². The molecule has 87 heavy (non-hydrogen) atoms. The molecule has 5 atom stereocenters. The Kier molecular flexibility index (Phi) is 59.3. The second kappa shape index (κ2) is 62.2. The molecular weight excluding hydrogens is 1150 g/mol. The van der Waals surface area contributed by atoms with Gasteiger partial charge in [0.15, 0.2) is 6.10 Å². The topological polar surface area (TPSA) is 231 Å². The molecule has 0 heterocycles. The predicted molar refractivity (Wildman–Crippen MR) is 353 cm³/mol. The maximum Gasteiger partial charge on any atom is 0.472 e. The number of carbonyl (C=O) groups excluding carboxylic acids is 3. The minimum Gasteiger partial charge on any atom is -0.463 e. The first-order valence-electron chi connectivity index (χ1n) is 32.8. The van der Waals surface area contributed by atoms with Crippen LogP contribution in [0.1, 0.15) is 239 Å². The van der Waals surface area contributed by atoms with Gasteiger partial charge in [0, 0.05) is 19.3 Å². The Morgan fingerprint density at radius 1 is 0.333 bits per heavy atom. The highest BCUT2D eigenvalue weighted by Crippen LogP contribution is 2.45. The first-order valence-corrected chi connectivity index (χ1v) is 35.8. The number of aliphatic hydroxyl groups is 2. The highest BCUT2D eigenvalue weighted by Gasteiger charge is 2.29. The normalized spacial score (nSPS) is 15.1. The van der Waals surface area contributed by atoms with Crippen molar-refractivity contribution >= 4 is 33.6 Å². The quantitative estimate of drug-likeness (QED) is 0.0146. The lowest BCUT2D eigenvalue weighted by Gasteiger charge is -2.21. The Morgan fingerprint density at radius 3 is 0.966 bits per heavy atom. The molecule has 0 spiro atoms. The van der Waals surface area contributed by atoms with Gasteiger partial charge in [-0.25, -0.2) is 9.13 Å². The molecule has 0 saturated carbocycles. The molecule has 0 aromatic carbocycles. The molecule has 5 unspecified atom stereocenters. The minimum absolute atomic E-state index is 0.0827. The van der Waals surface area contributed by atoms with Crippen molar-refractivity contribution in [3.8, 4) is 0 Å². The Hall–Kier alpha value is -4.05. The lowest BCUT2D eigenvalue weighted by Crippen LogP contribution is -2.30. The molecule has 0 saturated heterocycles. The maximum atomic E-state index is 12.9. The molecule has 0 aromatic heterocycles. The molecule has 0 amide bonds. The van der Waals surface area contributed by atoms with Crippen LogP contribution in [0.5, 0.6) is 0 Å². The van der Waals surface area contributed by atoms with Gasteiger partial charge in [-0.05, 0) is 122 Å². The van der Waals surface area contributed by atoms with Crippen LogP contribution in [0.3, 0.4) is 0 Å². The number of phosphoric ester groups is 2. The third kappa shape index (κ3) is 63.3. The molecule has 0 bridgehead atoms. The first kappa shape index (κ1) is 83.0. The summed E-state index contributed by atoms with van der Waals surface area (Å²) in [6.07, 6.45) is 69.8. The van der Waals surface area contributed by atoms with Crippen LogP contribution in [0.15, 0.2) is 122 Å². The van der Waals surface area contributed by atoms with Gasteiger partial charge in [-0.3, -0.25) is 32.5 Å². The summed E-state index contributed by atoms with van der Waals surface area (Å²) in [7, 11) is -9.78. The molecule has 0 aliphatic rings. The number of ether oxygens (including phenoxy) is 3. The van der Waals surface area contributed by atoms with Crippen LogP contribution in [0, 0.1) is 0 Å². The number of carbonyl (C=O) groups is 3. The molecule has 498 valence electrons. The van der Waals surface area contributed by atoms with Gasteiger partial charge >= 0.3 is 33.6 Å². The lowest BCUT2D eigenvalue weighted by molar-refractivity contribution is -0.161. The third-order valence-electron chi connectivity index (χ3n) is 13.1. The van der Waals surface area contributed by atoms with Crippen LogP contribution in [0.4, 0.5) is 0 Å². The fraction of sp³-hybridized carbons (Fsp3) is 0.667. The van der Waals surface area contributed by atoms with Crippen molar-refractivity contribution in [1.82, 2.24) is 0 Å². The molecule has 0 radical (unpaired) electrons. The molecule has 0 fully saturated rings. The van der Waals surface area contributed by atoms with Crippen molar-refractivity contribution < 1.29 is 75.8 Å². The fourth-order valence-electron chi connectivity index (χ4n) is 8.12. The van der Waals surface area contributed by atoms with Gasteiger partial charge in [-0.15, -0.1) is 0 Å². The standard InChI is InChI=1S/C69H116O16P2/c1-4-7-10-13-16-19-22-25-26-27-28-29-30-31-32-33-34-35-36-39-41-43-46-49-52-55-67(72)79-58-64(70)59-81-86(75,76)82-60-65(71)61-83-87(77,78)84-63-66(85-69(74)57-54-51-48-45-42-38-24-21-18-15-12-9-6-3)62-80-68(73)56-53-50-47-44-40-37-23-20-17-14-11-8-5-2/h7,10-12,14-16,19-21,23-26,28-29,31-32,34-35,64-66,70-71H,4-6,8-9,13,17-18,22,27,30,33,36-63H2,1-3H3,(H,75,76)(H,77,78)/b10-7-,14-11-,15-12-,19-16-,23-20-,24-21-,26-25-,29-28-,32-31-,35-34-. The largest absolute Gasteiger partial charge is 0.472 e. The van der Waals surface area contributed by atoms with Crippen LogP contribution in [0.2, 0.25) is 0 Å². The summed E-state index contributed by atoms with van der Waals surface area (Å²) in [4.78, 5) is 58.2. The summed E-state index contributed by atoms with van der Waals surface area (Å²) in [6.45, 7) is 2.34. The van der Waals surface area contributed by atoms with Crippen molar-refractivity contribution in [2.45, 2.75) is 257 Å². The van der Waals surface area contributed by atoms with Crippen molar-refractivity contribution in [1.29, 1.82) is 0 Å². The zero-order chi connectivity index (χ0) is 63.8. The monoisotopic (exact) mass is 1260 g/mol. The maximum absolute atomic E-state index is 12.9. The van der Waals surface area contributed by atoms with E-state index in [1.165, 1.54) is 0 Å². The Bertz CT molecular complexity index is 2070. The average Bonchev–Trinajstić information content (AvgIpc) is 3.69. The molecule has 4 N–H and O–H groups in total. The molecule has 0 aliphatic heterocycles. The molecule has 0 aromatic rings. The molecule has 16 nitrogen and oxygen atoms in total. The van der Waals surface area contributed by atoms with Crippen LogP contribution < -0.4 is 0 Å². The fourth-order valence-corrected chi connectivity index (χ4v) is 9.70. The van der Waals surface area contributed by atoms with Gasteiger partial charge < -0.3 is 34.2 Å². The van der Waals surface area contributed by atoms with E-state index >= 15 is 0 Å². The first-order chi connectivity index (χ1) is 42.2. The summed E-state index contributed by atoms with van der Waals surface area (Å²) in [6, 6.07) is 0. The predicted octanol–water partition coefficient (Wildman–Crippen LogP) is 17.9. The minimum atomic E-state index is -4.93. The number of rotatable bonds is 61. The van der Waals surface area contributed by atoms with Crippen molar-refractivity contribution in [2.24, 2.45) is 0 Å². The number of allylic oxidation sites excluding steroid dienone is 20. The van der Waals surface area contributed by atoms with E-state index in [2.05, 4.69) is 142 Å². The van der Waals surface area contributed by atoms with Gasteiger partial charge in [-0.1, -0.05) is 219 Å². The Labute approximate surface area is 525 Å². The van der Waals surface area contributed by atoms with Crippen molar-refractivity contribution in [3.63, 3.8) is 0 Å². The van der Waals surface area contributed by atoms with Gasteiger partial charge in [-0.2, -0.15) is 0 Å². The van der Waals surface area contributed by atoms with Crippen molar-refractivity contribution in [3.05, 3.63) is 122 Å². The summed E-state index contributed by atoms with van der Waals surface area (Å²) in [5, 5.41) is 20.5. The number of aliphatic hydroxyl groups excluding tert-OH is 2. The third-order valence-corrected chi connectivity index (χ3v) is 15.0. The van der Waals surface area contributed by atoms with E-state index in [4.69, 9.17) is 32.3 Å². The molecule has 0 rings (SSSR count). The Balaban J connectivity index is 4.56. The lowest BCUT2D eigenvalue weighted by atomic mass is 10.1. The zero-order valence-corrected chi connectivity index (χ0v) is 55.4. The van der Waals surface area contributed by atoms with E-state index in [1.807, 2.05) is 0 Å². The number of esters is 3. The smallest absolute Gasteiger partial charge is 0.463 e. The summed E-state index contributed by atoms with van der Waals surface area (Å²) >= 11 is 0. The summed E-state index contributed by atoms with van der Waals surface area (Å²) < 4.78 is 60.7. The number of hydrogen-bond donors (Lipinski definition) is 4.